The number of carbonyl (C=O) groups excluding carboxylic acids is 1. The second-order valence-electron chi connectivity index (χ2n) is 6.96. The zero-order chi connectivity index (χ0) is 18.3. The quantitative estimate of drug-likeness (QED) is 0.465. The van der Waals surface area contributed by atoms with Crippen LogP contribution in [0.15, 0.2) is 12.5 Å². The van der Waals surface area contributed by atoms with Crippen molar-refractivity contribution in [3.8, 4) is 0 Å². The van der Waals surface area contributed by atoms with Crippen molar-refractivity contribution >= 4 is 46.1 Å². The fraction of sp³-hybridized carbons (Fsp3) is 0.684. The molecule has 0 fully saturated rings. The zero-order valence-corrected chi connectivity index (χ0v) is 19.5. The number of thiazole rings is 1. The van der Waals surface area contributed by atoms with Crippen molar-refractivity contribution in [3.63, 3.8) is 0 Å². The molecule has 0 aromatic carbocycles. The Hall–Kier alpha value is -0.561. The van der Waals surface area contributed by atoms with Crippen LogP contribution in [0, 0.1) is 0 Å². The van der Waals surface area contributed by atoms with Crippen LogP contribution in [-0.2, 0) is 0 Å². The molecule has 0 bridgehead atoms. The fourth-order valence-corrected chi connectivity index (χ4v) is 12.1. The normalized spacial score (nSPS) is 12.1. The number of carbonyl (C=O) groups is 1. The van der Waals surface area contributed by atoms with Crippen LogP contribution in [0.4, 0.5) is 0 Å². The first-order valence-electron chi connectivity index (χ1n) is 9.59. The predicted octanol–water partition coefficient (Wildman–Crippen LogP) is 4.55. The molecule has 4 nitrogen and oxygen atoms in total. The Balaban J connectivity index is 2.37. The average molecular weight is 468 g/mol. The average Bonchev–Trinajstić information content (AvgIpc) is 3.16. The zero-order valence-electron chi connectivity index (χ0n) is 15.8. The molecule has 25 heavy (non-hydrogen) atoms. The second kappa shape index (κ2) is 9.95. The Kier molecular flexibility index (Phi) is 8.26. The van der Waals surface area contributed by atoms with E-state index in [1.54, 1.807) is 17.7 Å². The van der Waals surface area contributed by atoms with Crippen LogP contribution in [0.25, 0.3) is 4.83 Å². The van der Waals surface area contributed by atoms with Crippen molar-refractivity contribution in [1.82, 2.24) is 9.38 Å². The molecule has 0 unspecified atom stereocenters. The number of aromatic nitrogens is 2. The molecule has 0 atom stereocenters. The number of nitrogens with two attached hydrogens (primary N) is 1. The van der Waals surface area contributed by atoms with Crippen LogP contribution < -0.4 is 8.63 Å². The van der Waals surface area contributed by atoms with Crippen molar-refractivity contribution in [2.24, 2.45) is 5.73 Å². The molecule has 6 heteroatoms. The summed E-state index contributed by atoms with van der Waals surface area (Å²) in [6, 6.07) is 0. The van der Waals surface area contributed by atoms with Gasteiger partial charge in [0.05, 0.1) is 0 Å². The summed E-state index contributed by atoms with van der Waals surface area (Å²) >= 11 is 0.812. The summed E-state index contributed by atoms with van der Waals surface area (Å²) in [4.78, 5) is 17.4. The van der Waals surface area contributed by atoms with E-state index in [1.807, 2.05) is 10.6 Å². The van der Waals surface area contributed by atoms with Crippen molar-refractivity contribution < 1.29 is 4.79 Å². The molecule has 0 aliphatic rings. The third kappa shape index (κ3) is 5.22. The van der Waals surface area contributed by atoms with Crippen LogP contribution in [0.3, 0.4) is 0 Å². The monoisotopic (exact) mass is 469 g/mol. The van der Waals surface area contributed by atoms with Crippen LogP contribution in [0.1, 0.15) is 89.0 Å². The van der Waals surface area contributed by atoms with E-state index >= 15 is 0 Å². The van der Waals surface area contributed by atoms with E-state index in [9.17, 15) is 4.79 Å². The van der Waals surface area contributed by atoms with Crippen LogP contribution in [-0.4, -0.2) is 36.4 Å². The van der Waals surface area contributed by atoms with Gasteiger partial charge in [-0.1, -0.05) is 0 Å². The summed E-state index contributed by atoms with van der Waals surface area (Å²) < 4.78 is 3.69. The summed E-state index contributed by atoms with van der Waals surface area (Å²) in [5.74, 6) is -0.296. The first-order valence-corrected chi connectivity index (χ1v) is 13.3. The molecule has 2 aromatic heterocycles. The van der Waals surface area contributed by atoms with Gasteiger partial charge in [0.2, 0.25) is 0 Å². The molecular weight excluding hydrogens is 437 g/mol. The van der Waals surface area contributed by atoms with Gasteiger partial charge < -0.3 is 0 Å². The number of imidazole rings is 1. The summed E-state index contributed by atoms with van der Waals surface area (Å²) in [7, 11) is 0. The predicted molar refractivity (Wildman–Crippen MR) is 108 cm³/mol. The molecule has 0 aliphatic carbocycles. The van der Waals surface area contributed by atoms with Gasteiger partial charge in [0.25, 0.3) is 0 Å². The van der Waals surface area contributed by atoms with Crippen molar-refractivity contribution in [3.05, 3.63) is 18.2 Å². The standard InChI is InChI=1S/C13H27.C6H4N3OS.Sn/c1-4-7-10-13(11-8-5-2)12-9-6-3;7-6(10)4-2-11-5-1-8-3-9(4)5;/h4-12H2,1-3H3;1,3H,(H2,7,10);. The maximum absolute atomic E-state index is 12.1. The first-order chi connectivity index (χ1) is 12.1. The molecule has 0 aliphatic heterocycles. The van der Waals surface area contributed by atoms with Gasteiger partial charge >= 0.3 is 166 Å². The Morgan fingerprint density at radius 2 is 1.72 bits per heavy atom. The molecule has 0 saturated heterocycles. The Morgan fingerprint density at radius 3 is 2.20 bits per heavy atom. The third-order valence-electron chi connectivity index (χ3n) is 4.91. The Morgan fingerprint density at radius 1 is 1.16 bits per heavy atom. The van der Waals surface area contributed by atoms with Gasteiger partial charge in [-0.2, -0.15) is 0 Å². The number of unbranched alkanes of at least 4 members (excludes halogenated alkanes) is 3. The topological polar surface area (TPSA) is 60.4 Å². The van der Waals surface area contributed by atoms with E-state index in [1.165, 1.54) is 60.7 Å². The molecule has 2 rings (SSSR count). The van der Waals surface area contributed by atoms with E-state index in [0.717, 1.165) is 10.5 Å². The van der Waals surface area contributed by atoms with Crippen molar-refractivity contribution in [2.45, 2.75) is 82.0 Å². The summed E-state index contributed by atoms with van der Waals surface area (Å²) in [5.41, 5.74) is 6.47. The second-order valence-corrected chi connectivity index (χ2v) is 14.2. The first kappa shape index (κ1) is 20.7. The summed E-state index contributed by atoms with van der Waals surface area (Å²) in [6.45, 7) is 6.85. The number of hydrogen-bond acceptors (Lipinski definition) is 3. The van der Waals surface area contributed by atoms with Crippen LogP contribution in [0.2, 0.25) is 3.43 Å². The van der Waals surface area contributed by atoms with E-state index < -0.39 is 21.1 Å². The molecule has 2 heterocycles. The number of amides is 1. The molecule has 138 valence electrons. The third-order valence-corrected chi connectivity index (χ3v) is 12.4. The van der Waals surface area contributed by atoms with Gasteiger partial charge in [-0.05, 0) is 0 Å². The number of rotatable bonds is 12. The fourth-order valence-electron chi connectivity index (χ4n) is 3.45. The van der Waals surface area contributed by atoms with Crippen LogP contribution in [0.5, 0.6) is 0 Å². The molecule has 0 saturated carbocycles. The van der Waals surface area contributed by atoms with Gasteiger partial charge in [-0.15, -0.1) is 0 Å². The van der Waals surface area contributed by atoms with Gasteiger partial charge in [0.15, 0.2) is 0 Å². The SMILES string of the molecule is CCCC[C](CCCC)(CCCC)[Sn][c]1sc2cncn2c1C(N)=O. The number of fused-ring (bicyclic) bond motifs is 1. The summed E-state index contributed by atoms with van der Waals surface area (Å²) in [6.07, 6.45) is 15.2. The van der Waals surface area contributed by atoms with E-state index in [4.69, 9.17) is 5.73 Å². The van der Waals surface area contributed by atoms with E-state index in [2.05, 4.69) is 25.8 Å². The molecule has 2 N–H and O–H groups in total. The molecule has 0 spiro atoms. The summed E-state index contributed by atoms with van der Waals surface area (Å²) in [5, 5.41) is 0. The number of hydrogen-bond donors (Lipinski definition) is 1. The minimum absolute atomic E-state index is 0.296. The Bertz CT molecular complexity index is 658. The van der Waals surface area contributed by atoms with Gasteiger partial charge in [-0.25, -0.2) is 0 Å². The van der Waals surface area contributed by atoms with Gasteiger partial charge in [0.1, 0.15) is 0 Å². The van der Waals surface area contributed by atoms with Crippen LogP contribution >= 0.6 is 11.3 Å². The minimum atomic E-state index is -0.949. The van der Waals surface area contributed by atoms with E-state index in [0.29, 0.717) is 3.43 Å². The van der Waals surface area contributed by atoms with Crippen molar-refractivity contribution in [2.75, 3.05) is 0 Å². The molecule has 2 aromatic rings. The Labute approximate surface area is 165 Å². The van der Waals surface area contributed by atoms with Crippen molar-refractivity contribution in [1.29, 1.82) is 0 Å². The van der Waals surface area contributed by atoms with Gasteiger partial charge in [-0.3, -0.25) is 0 Å². The van der Waals surface area contributed by atoms with Gasteiger partial charge in [0, 0.05) is 0 Å². The molecule has 2 radical (unpaired) electrons. The number of nitrogens with zero attached hydrogens (tertiary/aromatic N) is 2. The molecule has 1 amide bonds. The number of primary amides is 1. The van der Waals surface area contributed by atoms with E-state index in [-0.39, 0.29) is 5.91 Å². The maximum atomic E-state index is 12.1. The molecular formula is C19H31N3OSSn.